The van der Waals surface area contributed by atoms with Crippen LogP contribution in [0.4, 0.5) is 0 Å². The summed E-state index contributed by atoms with van der Waals surface area (Å²) in [5, 5.41) is 10.7. The molecule has 1 aliphatic rings. The van der Waals surface area contributed by atoms with E-state index in [2.05, 4.69) is 27.6 Å². The zero-order chi connectivity index (χ0) is 14.9. The predicted octanol–water partition coefficient (Wildman–Crippen LogP) is 2.54. The van der Waals surface area contributed by atoms with Gasteiger partial charge in [-0.15, -0.1) is 0 Å². The molecule has 0 aliphatic carbocycles. The van der Waals surface area contributed by atoms with Crippen molar-refractivity contribution in [3.05, 3.63) is 26.2 Å². The van der Waals surface area contributed by atoms with Gasteiger partial charge in [-0.1, -0.05) is 0 Å². The number of aromatic hydroxyl groups is 1. The van der Waals surface area contributed by atoms with Crippen molar-refractivity contribution in [2.45, 2.75) is 0 Å². The fourth-order valence-corrected chi connectivity index (χ4v) is 3.29. The predicted molar refractivity (Wildman–Crippen MR) is 89.1 cm³/mol. The van der Waals surface area contributed by atoms with E-state index in [0.29, 0.717) is 21.4 Å². The molecule has 1 amide bonds. The third-order valence-electron chi connectivity index (χ3n) is 2.77. The van der Waals surface area contributed by atoms with E-state index < -0.39 is 0 Å². The first-order chi connectivity index (χ1) is 9.47. The first kappa shape index (κ1) is 15.2. The molecule has 0 aromatic heterocycles. The van der Waals surface area contributed by atoms with Gasteiger partial charge in [-0.2, -0.15) is 0 Å². The van der Waals surface area contributed by atoms with Gasteiger partial charge >= 0.3 is 0 Å². The summed E-state index contributed by atoms with van der Waals surface area (Å²) < 4.78 is 6.03. The Kier molecular flexibility index (Phi) is 4.59. The summed E-state index contributed by atoms with van der Waals surface area (Å²) in [7, 11) is 4.81. The molecular weight excluding hydrogens is 391 g/mol. The van der Waals surface area contributed by atoms with Crippen LogP contribution in [0.5, 0.6) is 11.5 Å². The van der Waals surface area contributed by atoms with Crippen LogP contribution in [-0.2, 0) is 4.79 Å². The van der Waals surface area contributed by atoms with Crippen molar-refractivity contribution in [1.82, 2.24) is 4.90 Å². The van der Waals surface area contributed by atoms with Crippen LogP contribution in [0.3, 0.4) is 0 Å². The number of amides is 1. The SMILES string of the molecule is CN=C1S/C(=C\c2cc(I)cc(OC)c2O)C(=O)N1C. The summed E-state index contributed by atoms with van der Waals surface area (Å²) in [6, 6.07) is 3.52. The van der Waals surface area contributed by atoms with Crippen molar-refractivity contribution >= 4 is 51.5 Å². The zero-order valence-corrected chi connectivity index (χ0v) is 14.2. The molecule has 106 valence electrons. The number of thioether (sulfide) groups is 1. The zero-order valence-electron chi connectivity index (χ0n) is 11.2. The summed E-state index contributed by atoms with van der Waals surface area (Å²) in [6.07, 6.45) is 1.65. The van der Waals surface area contributed by atoms with Gasteiger partial charge in [0, 0.05) is 23.2 Å². The van der Waals surface area contributed by atoms with Gasteiger partial charge in [0.2, 0.25) is 0 Å². The molecule has 7 heteroatoms. The maximum atomic E-state index is 12.1. The molecule has 1 aromatic rings. The van der Waals surface area contributed by atoms with Gasteiger partial charge in [0.25, 0.3) is 5.91 Å². The van der Waals surface area contributed by atoms with Gasteiger partial charge in [0.05, 0.1) is 12.0 Å². The number of rotatable bonds is 2. The molecule has 2 rings (SSSR count). The van der Waals surface area contributed by atoms with Crippen LogP contribution >= 0.6 is 34.4 Å². The number of hydrogen-bond acceptors (Lipinski definition) is 5. The Bertz CT molecular complexity index is 628. The number of benzene rings is 1. The second-order valence-corrected chi connectivity index (χ2v) is 6.28. The number of halogens is 1. The van der Waals surface area contributed by atoms with E-state index in [1.54, 1.807) is 32.3 Å². The van der Waals surface area contributed by atoms with Crippen LogP contribution in [0.1, 0.15) is 5.56 Å². The molecule has 1 aromatic carbocycles. The largest absolute Gasteiger partial charge is 0.504 e. The highest BCUT2D eigenvalue weighted by atomic mass is 127. The highest BCUT2D eigenvalue weighted by molar-refractivity contribution is 14.1. The Balaban J connectivity index is 2.47. The van der Waals surface area contributed by atoms with Crippen molar-refractivity contribution < 1.29 is 14.6 Å². The van der Waals surface area contributed by atoms with Crippen molar-refractivity contribution in [2.75, 3.05) is 21.2 Å². The lowest BCUT2D eigenvalue weighted by Crippen LogP contribution is -2.23. The normalized spacial score (nSPS) is 19.2. The Morgan fingerprint density at radius 3 is 2.75 bits per heavy atom. The molecule has 1 N–H and O–H groups in total. The first-order valence-electron chi connectivity index (χ1n) is 5.68. The first-order valence-corrected chi connectivity index (χ1v) is 7.58. The third-order valence-corrected chi connectivity index (χ3v) is 4.54. The number of ether oxygens (including phenoxy) is 1. The lowest BCUT2D eigenvalue weighted by Gasteiger charge is -2.07. The molecule has 20 heavy (non-hydrogen) atoms. The van der Waals surface area contributed by atoms with Crippen LogP contribution in [0, 0.1) is 3.57 Å². The summed E-state index contributed by atoms with van der Waals surface area (Å²) in [5.74, 6) is 0.281. The Morgan fingerprint density at radius 1 is 1.50 bits per heavy atom. The van der Waals surface area contributed by atoms with Crippen LogP contribution in [0.25, 0.3) is 6.08 Å². The van der Waals surface area contributed by atoms with Gasteiger partial charge in [-0.3, -0.25) is 14.7 Å². The minimum absolute atomic E-state index is 0.0263. The quantitative estimate of drug-likeness (QED) is 0.608. The Hall–Kier alpha value is -1.22. The number of carbonyl (C=O) groups excluding carboxylic acids is 1. The number of phenols is 1. The molecule has 1 aliphatic heterocycles. The molecule has 0 bridgehead atoms. The molecule has 0 spiro atoms. The van der Waals surface area contributed by atoms with Crippen molar-refractivity contribution in [3.63, 3.8) is 0 Å². The fraction of sp³-hybridized carbons (Fsp3) is 0.231. The van der Waals surface area contributed by atoms with Crippen molar-refractivity contribution in [2.24, 2.45) is 4.99 Å². The fourth-order valence-electron chi connectivity index (χ4n) is 1.75. The van der Waals surface area contributed by atoms with Gasteiger partial charge in [0.15, 0.2) is 16.7 Å². The van der Waals surface area contributed by atoms with Crippen LogP contribution in [0.2, 0.25) is 0 Å². The van der Waals surface area contributed by atoms with Crippen molar-refractivity contribution in [3.8, 4) is 11.5 Å². The van der Waals surface area contributed by atoms with Crippen LogP contribution < -0.4 is 4.74 Å². The Labute approximate surface area is 134 Å². The van der Waals surface area contributed by atoms with E-state index in [1.807, 2.05) is 0 Å². The van der Waals surface area contributed by atoms with E-state index in [4.69, 9.17) is 4.74 Å². The number of methoxy groups -OCH3 is 1. The highest BCUT2D eigenvalue weighted by Gasteiger charge is 2.30. The molecule has 0 saturated carbocycles. The maximum absolute atomic E-state index is 12.1. The molecular formula is C13H13IN2O3S. The second-order valence-electron chi connectivity index (χ2n) is 4.03. The highest BCUT2D eigenvalue weighted by Crippen LogP contribution is 2.37. The summed E-state index contributed by atoms with van der Waals surface area (Å²) in [6.45, 7) is 0. The number of nitrogens with zero attached hydrogens (tertiary/aromatic N) is 2. The standard InChI is InChI=1S/C13H13IN2O3S/c1-15-13-16(2)12(18)10(20-13)5-7-4-8(14)6-9(19-3)11(7)17/h4-6,17H,1-3H3/b10-5-,15-13?. The van der Waals surface area contributed by atoms with Gasteiger partial charge in [-0.05, 0) is 52.6 Å². The number of hydrogen-bond donors (Lipinski definition) is 1. The average molecular weight is 404 g/mol. The van der Waals surface area contributed by atoms with Gasteiger partial charge in [0.1, 0.15) is 0 Å². The molecule has 0 unspecified atom stereocenters. The topological polar surface area (TPSA) is 62.1 Å². The smallest absolute Gasteiger partial charge is 0.266 e. The van der Waals surface area contributed by atoms with E-state index in [1.165, 1.54) is 23.8 Å². The summed E-state index contributed by atoms with van der Waals surface area (Å²) in [5.41, 5.74) is 0.551. The van der Waals surface area contributed by atoms with Crippen molar-refractivity contribution in [1.29, 1.82) is 0 Å². The number of phenolic OH excluding ortho intramolecular Hbond substituents is 1. The minimum Gasteiger partial charge on any atom is -0.504 e. The van der Waals surface area contributed by atoms with Crippen LogP contribution in [-0.4, -0.2) is 42.3 Å². The lowest BCUT2D eigenvalue weighted by atomic mass is 10.1. The number of aliphatic imine (C=N–C) groups is 1. The second kappa shape index (κ2) is 6.04. The third kappa shape index (κ3) is 2.78. The summed E-state index contributed by atoms with van der Waals surface area (Å²) in [4.78, 5) is 18.1. The monoisotopic (exact) mass is 404 g/mol. The number of carbonyl (C=O) groups is 1. The molecule has 0 radical (unpaired) electrons. The Morgan fingerprint density at radius 2 is 2.20 bits per heavy atom. The average Bonchev–Trinajstić information content (AvgIpc) is 2.70. The molecule has 1 saturated heterocycles. The molecule has 0 atom stereocenters. The van der Waals surface area contributed by atoms with E-state index in [-0.39, 0.29) is 11.7 Å². The molecule has 1 fully saturated rings. The number of amidine groups is 1. The van der Waals surface area contributed by atoms with Gasteiger partial charge in [-0.25, -0.2) is 0 Å². The maximum Gasteiger partial charge on any atom is 0.266 e. The van der Waals surface area contributed by atoms with E-state index in [9.17, 15) is 9.90 Å². The van der Waals surface area contributed by atoms with Gasteiger partial charge < -0.3 is 9.84 Å². The van der Waals surface area contributed by atoms with E-state index in [0.717, 1.165) is 3.57 Å². The summed E-state index contributed by atoms with van der Waals surface area (Å²) >= 11 is 3.42. The minimum atomic E-state index is -0.132. The lowest BCUT2D eigenvalue weighted by molar-refractivity contribution is -0.121. The van der Waals surface area contributed by atoms with E-state index >= 15 is 0 Å². The number of likely N-dealkylation sites (N-methyl/N-ethyl adjacent to an activating group) is 1. The molecule has 1 heterocycles. The molecule has 5 nitrogen and oxygen atoms in total. The van der Waals surface area contributed by atoms with Crippen LogP contribution in [0.15, 0.2) is 22.0 Å².